The Bertz CT molecular complexity index is 513. The molecule has 2 rings (SSSR count). The first-order chi connectivity index (χ1) is 7.08. The van der Waals surface area contributed by atoms with Crippen molar-refractivity contribution in [1.29, 1.82) is 0 Å². The van der Waals surface area contributed by atoms with Crippen molar-refractivity contribution in [3.05, 3.63) is 39.6 Å². The maximum Gasteiger partial charge on any atom is 0.393 e. The molecule has 0 saturated carbocycles. The Balaban J connectivity index is 2.54. The summed E-state index contributed by atoms with van der Waals surface area (Å²) in [7, 11) is 0. The number of hydrogen-bond acceptors (Lipinski definition) is 3. The van der Waals surface area contributed by atoms with Gasteiger partial charge in [0.2, 0.25) is 6.20 Å². The molecule has 0 saturated heterocycles. The van der Waals surface area contributed by atoms with Gasteiger partial charge in [-0.25, -0.2) is 0 Å². The lowest BCUT2D eigenvalue weighted by Crippen LogP contribution is -2.36. The Hall–Kier alpha value is -1.46. The van der Waals surface area contributed by atoms with Crippen LogP contribution in [0.4, 0.5) is 0 Å². The molecule has 78 valence electrons. The Kier molecular flexibility index (Phi) is 2.42. The average Bonchev–Trinajstić information content (AvgIpc) is 2.50. The third-order valence-electron chi connectivity index (χ3n) is 1.74. The molecule has 1 N–H and O–H groups in total. The molecule has 0 fully saturated rings. The van der Waals surface area contributed by atoms with Crippen molar-refractivity contribution >= 4 is 23.2 Å². The molecule has 1 aromatic carbocycles. The third-order valence-corrected chi connectivity index (χ3v) is 2.48. The number of halogens is 2. The fourth-order valence-corrected chi connectivity index (χ4v) is 1.39. The van der Waals surface area contributed by atoms with Crippen LogP contribution in [0.2, 0.25) is 10.0 Å². The molecular weight excluding hydrogens is 241 g/mol. The third kappa shape index (κ3) is 1.84. The van der Waals surface area contributed by atoms with Gasteiger partial charge in [-0.15, -0.1) is 4.85 Å². The number of aromatic hydroxyl groups is 1. The number of rotatable bonds is 1. The fourth-order valence-electron chi connectivity index (χ4n) is 1.10. The van der Waals surface area contributed by atoms with Gasteiger partial charge in [0.15, 0.2) is 0 Å². The normalized spacial score (nSPS) is 10.5. The molecule has 0 amide bonds. The summed E-state index contributed by atoms with van der Waals surface area (Å²) in [6, 6.07) is 4.58. The second-order valence-corrected chi connectivity index (χ2v) is 3.59. The van der Waals surface area contributed by atoms with Crippen LogP contribution < -0.4 is 4.85 Å². The highest BCUT2D eigenvalue weighted by molar-refractivity contribution is 6.42. The molecular formula is C8H5Cl2N3O2. The maximum atomic E-state index is 11.2. The lowest BCUT2D eigenvalue weighted by atomic mass is 10.3. The minimum Gasteiger partial charge on any atom is -0.692 e. The van der Waals surface area contributed by atoms with Crippen LogP contribution in [-0.4, -0.2) is 15.0 Å². The molecule has 0 atom stereocenters. The van der Waals surface area contributed by atoms with Crippen LogP contribution >= 0.6 is 23.2 Å². The van der Waals surface area contributed by atoms with E-state index in [-0.39, 0.29) is 5.88 Å². The zero-order valence-corrected chi connectivity index (χ0v) is 8.77. The van der Waals surface area contributed by atoms with Crippen molar-refractivity contribution in [1.82, 2.24) is 9.90 Å². The van der Waals surface area contributed by atoms with Gasteiger partial charge in [0.05, 0.1) is 15.1 Å². The summed E-state index contributed by atoms with van der Waals surface area (Å²) in [5, 5.41) is 24.5. The highest BCUT2D eigenvalue weighted by Crippen LogP contribution is 2.23. The topological polar surface area (TPSA) is 65.0 Å². The van der Waals surface area contributed by atoms with Gasteiger partial charge in [0.25, 0.3) is 0 Å². The van der Waals surface area contributed by atoms with E-state index in [2.05, 4.69) is 5.10 Å². The summed E-state index contributed by atoms with van der Waals surface area (Å²) in [5.74, 6) is -0.365. The van der Waals surface area contributed by atoms with Crippen LogP contribution in [0, 0.1) is 5.21 Å². The van der Waals surface area contributed by atoms with Crippen molar-refractivity contribution in [2.75, 3.05) is 0 Å². The lowest BCUT2D eigenvalue weighted by Gasteiger charge is -2.03. The Morgan fingerprint density at radius 2 is 2.07 bits per heavy atom. The second-order valence-electron chi connectivity index (χ2n) is 2.78. The van der Waals surface area contributed by atoms with Crippen LogP contribution in [-0.2, 0) is 0 Å². The van der Waals surface area contributed by atoms with E-state index in [1.54, 1.807) is 6.07 Å². The molecule has 1 aromatic heterocycles. The summed E-state index contributed by atoms with van der Waals surface area (Å²) in [5.41, 5.74) is 0.416. The molecule has 0 spiro atoms. The van der Waals surface area contributed by atoms with Gasteiger partial charge >= 0.3 is 5.88 Å². The fraction of sp³-hybridized carbons (Fsp3) is 0. The van der Waals surface area contributed by atoms with E-state index in [0.717, 1.165) is 11.0 Å². The highest BCUT2D eigenvalue weighted by Gasteiger charge is 2.13. The predicted octanol–water partition coefficient (Wildman–Crippen LogP) is 1.52. The zero-order valence-electron chi connectivity index (χ0n) is 7.26. The Labute approximate surface area is 94.6 Å². The number of nitrogens with zero attached hydrogens (tertiary/aromatic N) is 3. The molecule has 5 nitrogen and oxygen atoms in total. The van der Waals surface area contributed by atoms with Gasteiger partial charge in [0.1, 0.15) is 5.69 Å². The van der Waals surface area contributed by atoms with Crippen molar-refractivity contribution in [2.45, 2.75) is 0 Å². The number of hydrogen-bond donors (Lipinski definition) is 1. The van der Waals surface area contributed by atoms with Crippen LogP contribution in [0.5, 0.6) is 5.88 Å². The van der Waals surface area contributed by atoms with E-state index in [9.17, 15) is 5.21 Å². The summed E-state index contributed by atoms with van der Waals surface area (Å²) in [6.07, 6.45) is 0.933. The highest BCUT2D eigenvalue weighted by atomic mass is 35.5. The minimum absolute atomic E-state index is 0.309. The van der Waals surface area contributed by atoms with E-state index in [0.29, 0.717) is 20.6 Å². The number of benzene rings is 1. The zero-order chi connectivity index (χ0) is 11.0. The van der Waals surface area contributed by atoms with Gasteiger partial charge in [-0.3, -0.25) is 0 Å². The van der Waals surface area contributed by atoms with Gasteiger partial charge in [-0.1, -0.05) is 23.2 Å². The molecule has 2 aromatic rings. The van der Waals surface area contributed by atoms with Gasteiger partial charge in [-0.05, 0) is 23.0 Å². The standard InChI is InChI=1S/C8H5Cl2N3O2/c9-6-2-1-5(3-7(6)10)13-11-8(14)4-12(13)15/h1-4H,(H,11,14). The first-order valence-corrected chi connectivity index (χ1v) is 4.67. The van der Waals surface area contributed by atoms with Crippen molar-refractivity contribution in [3.63, 3.8) is 0 Å². The molecule has 15 heavy (non-hydrogen) atoms. The maximum absolute atomic E-state index is 11.2. The van der Waals surface area contributed by atoms with E-state index < -0.39 is 0 Å². The summed E-state index contributed by atoms with van der Waals surface area (Å²) < 4.78 is 0. The summed E-state index contributed by atoms with van der Waals surface area (Å²) in [6.45, 7) is 0. The number of aromatic nitrogens is 3. The van der Waals surface area contributed by atoms with Gasteiger partial charge in [0, 0.05) is 0 Å². The van der Waals surface area contributed by atoms with E-state index in [1.165, 1.54) is 12.1 Å². The molecule has 0 bridgehead atoms. The second kappa shape index (κ2) is 3.60. The van der Waals surface area contributed by atoms with E-state index in [4.69, 9.17) is 28.3 Å². The molecule has 0 aliphatic carbocycles. The van der Waals surface area contributed by atoms with Crippen LogP contribution in [0.1, 0.15) is 0 Å². The quantitative estimate of drug-likeness (QED) is 0.612. The first-order valence-electron chi connectivity index (χ1n) is 3.92. The molecule has 0 aliphatic rings. The van der Waals surface area contributed by atoms with Crippen molar-refractivity contribution < 1.29 is 9.95 Å². The predicted molar refractivity (Wildman–Crippen MR) is 54.2 cm³/mol. The van der Waals surface area contributed by atoms with Crippen LogP contribution in [0.25, 0.3) is 5.69 Å². The first kappa shape index (κ1) is 10.1. The lowest BCUT2D eigenvalue weighted by molar-refractivity contribution is -0.688. The molecule has 1 heterocycles. The largest absolute Gasteiger partial charge is 0.692 e. The van der Waals surface area contributed by atoms with Crippen LogP contribution in [0.15, 0.2) is 24.4 Å². The SMILES string of the molecule is [O-][n+]1cc(O)nn1-c1ccc(Cl)c(Cl)c1. The summed E-state index contributed by atoms with van der Waals surface area (Å²) >= 11 is 11.5. The van der Waals surface area contributed by atoms with Gasteiger partial charge in [-0.2, -0.15) is 0 Å². The molecule has 0 radical (unpaired) electrons. The van der Waals surface area contributed by atoms with Crippen LogP contribution in [0.3, 0.4) is 0 Å². The van der Waals surface area contributed by atoms with E-state index in [1.807, 2.05) is 0 Å². The van der Waals surface area contributed by atoms with Crippen molar-refractivity contribution in [3.8, 4) is 11.6 Å². The Morgan fingerprint density at radius 3 is 2.60 bits per heavy atom. The summed E-state index contributed by atoms with van der Waals surface area (Å²) in [4.78, 5) is 1.34. The molecule has 0 aliphatic heterocycles. The smallest absolute Gasteiger partial charge is 0.393 e. The minimum atomic E-state index is -0.365. The molecule has 7 heteroatoms. The molecule has 0 unspecified atom stereocenters. The van der Waals surface area contributed by atoms with Gasteiger partial charge < -0.3 is 10.3 Å². The van der Waals surface area contributed by atoms with E-state index >= 15 is 0 Å². The monoisotopic (exact) mass is 245 g/mol. The average molecular weight is 246 g/mol. The Morgan fingerprint density at radius 1 is 1.33 bits per heavy atom. The van der Waals surface area contributed by atoms with Crippen molar-refractivity contribution in [2.24, 2.45) is 0 Å².